The van der Waals surface area contributed by atoms with Crippen LogP contribution in [-0.2, 0) is 0 Å². The molecule has 7 nitrogen and oxygen atoms in total. The van der Waals surface area contributed by atoms with Crippen molar-refractivity contribution in [1.29, 1.82) is 0 Å². The Balaban J connectivity index is 2.05. The number of nitrogens with zero attached hydrogens (tertiary/aromatic N) is 4. The van der Waals surface area contributed by atoms with E-state index in [0.717, 1.165) is 10.0 Å². The number of hydrogen-bond acceptors (Lipinski definition) is 5. The topological polar surface area (TPSA) is 89.1 Å². The zero-order valence-corrected chi connectivity index (χ0v) is 15.5. The molecule has 1 heterocycles. The van der Waals surface area contributed by atoms with Gasteiger partial charge in [-0.1, -0.05) is 39.7 Å². The van der Waals surface area contributed by atoms with Crippen molar-refractivity contribution in [2.24, 2.45) is 5.10 Å². The van der Waals surface area contributed by atoms with Gasteiger partial charge in [-0.3, -0.25) is 10.1 Å². The Morgan fingerprint density at radius 2 is 2.12 bits per heavy atom. The van der Waals surface area contributed by atoms with E-state index in [1.807, 2.05) is 24.3 Å². The highest BCUT2D eigenvalue weighted by molar-refractivity contribution is 9.10. The number of aromatic amines is 1. The number of rotatable bonds is 4. The van der Waals surface area contributed by atoms with Crippen LogP contribution in [0.2, 0.25) is 5.02 Å². The number of hydrogen-bond donors (Lipinski definition) is 1. The first-order chi connectivity index (χ1) is 12.0. The van der Waals surface area contributed by atoms with E-state index in [2.05, 4.69) is 31.2 Å². The summed E-state index contributed by atoms with van der Waals surface area (Å²) in [4.78, 5) is 10.4. The van der Waals surface area contributed by atoms with Crippen LogP contribution in [0.4, 0.5) is 5.69 Å². The summed E-state index contributed by atoms with van der Waals surface area (Å²) in [7, 11) is 0. The second kappa shape index (κ2) is 7.26. The molecule has 0 aliphatic carbocycles. The third kappa shape index (κ3) is 3.68. The van der Waals surface area contributed by atoms with E-state index in [0.29, 0.717) is 16.4 Å². The van der Waals surface area contributed by atoms with Crippen LogP contribution in [0, 0.1) is 14.9 Å². The largest absolute Gasteiger partial charge is 0.270 e. The standard InChI is InChI=1S/C15H9BrClN5O2S/c16-12-4-2-1-3-11(12)14-19-20-15(25)21(14)18-8-9-7-10(22(23)24)5-6-13(9)17/h1-8H,(H,20,25)/b18-8+. The molecule has 0 spiro atoms. The Kier molecular flexibility index (Phi) is 5.07. The first kappa shape index (κ1) is 17.5. The minimum absolute atomic E-state index is 0.0762. The van der Waals surface area contributed by atoms with E-state index < -0.39 is 4.92 Å². The third-order valence-corrected chi connectivity index (χ3v) is 4.57. The molecule has 0 bridgehead atoms. The van der Waals surface area contributed by atoms with Crippen LogP contribution >= 0.6 is 39.7 Å². The van der Waals surface area contributed by atoms with Crippen molar-refractivity contribution < 1.29 is 4.92 Å². The van der Waals surface area contributed by atoms with Gasteiger partial charge in [0.2, 0.25) is 4.77 Å². The molecule has 0 radical (unpaired) electrons. The molecule has 0 unspecified atom stereocenters. The predicted molar refractivity (Wildman–Crippen MR) is 102 cm³/mol. The fraction of sp³-hybridized carbons (Fsp3) is 0. The number of nitrogens with one attached hydrogen (secondary N) is 1. The quantitative estimate of drug-likeness (QED) is 0.274. The van der Waals surface area contributed by atoms with Crippen molar-refractivity contribution in [3.63, 3.8) is 0 Å². The fourth-order valence-electron chi connectivity index (χ4n) is 2.08. The summed E-state index contributed by atoms with van der Waals surface area (Å²) in [6.07, 6.45) is 1.40. The molecule has 10 heteroatoms. The Labute approximate surface area is 160 Å². The number of halogens is 2. The molecule has 2 aromatic carbocycles. The Morgan fingerprint density at radius 1 is 1.36 bits per heavy atom. The average Bonchev–Trinajstić information content (AvgIpc) is 2.95. The molecule has 0 saturated carbocycles. The van der Waals surface area contributed by atoms with Crippen molar-refractivity contribution in [2.45, 2.75) is 0 Å². The molecule has 3 aromatic rings. The highest BCUT2D eigenvalue weighted by Gasteiger charge is 2.12. The number of H-pyrrole nitrogens is 1. The van der Waals surface area contributed by atoms with Crippen LogP contribution in [0.25, 0.3) is 11.4 Å². The average molecular weight is 439 g/mol. The third-order valence-electron chi connectivity index (χ3n) is 3.27. The molecule has 1 aromatic heterocycles. The van der Waals surface area contributed by atoms with Crippen molar-refractivity contribution in [3.05, 3.63) is 72.4 Å². The maximum Gasteiger partial charge on any atom is 0.270 e. The van der Waals surface area contributed by atoms with Gasteiger partial charge in [-0.2, -0.15) is 14.9 Å². The lowest BCUT2D eigenvalue weighted by Gasteiger charge is -2.03. The van der Waals surface area contributed by atoms with E-state index in [9.17, 15) is 10.1 Å². The Bertz CT molecular complexity index is 1050. The van der Waals surface area contributed by atoms with Gasteiger partial charge in [0.05, 0.1) is 11.1 Å². The Morgan fingerprint density at radius 3 is 2.84 bits per heavy atom. The van der Waals surface area contributed by atoms with Gasteiger partial charge in [-0.25, -0.2) is 5.10 Å². The van der Waals surface area contributed by atoms with Crippen LogP contribution in [0.3, 0.4) is 0 Å². The number of non-ortho nitro benzene ring substituents is 1. The maximum absolute atomic E-state index is 10.9. The monoisotopic (exact) mass is 437 g/mol. The van der Waals surface area contributed by atoms with Gasteiger partial charge in [0, 0.05) is 32.8 Å². The van der Waals surface area contributed by atoms with E-state index >= 15 is 0 Å². The van der Waals surface area contributed by atoms with E-state index in [-0.39, 0.29) is 10.5 Å². The van der Waals surface area contributed by atoms with Crippen molar-refractivity contribution in [2.75, 3.05) is 0 Å². The van der Waals surface area contributed by atoms with Crippen LogP contribution in [0.1, 0.15) is 5.56 Å². The molecule has 126 valence electrons. The molecule has 3 rings (SSSR count). The zero-order valence-electron chi connectivity index (χ0n) is 12.4. The minimum atomic E-state index is -0.496. The molecule has 0 saturated heterocycles. The molecular weight excluding hydrogens is 430 g/mol. The lowest BCUT2D eigenvalue weighted by molar-refractivity contribution is -0.384. The van der Waals surface area contributed by atoms with Gasteiger partial charge >= 0.3 is 0 Å². The first-order valence-electron chi connectivity index (χ1n) is 6.88. The fourth-order valence-corrected chi connectivity index (χ4v) is 2.89. The summed E-state index contributed by atoms with van der Waals surface area (Å²) in [5.41, 5.74) is 1.11. The van der Waals surface area contributed by atoms with Gasteiger partial charge in [-0.15, -0.1) is 0 Å². The lowest BCUT2D eigenvalue weighted by atomic mass is 10.2. The second-order valence-corrected chi connectivity index (χ2v) is 6.50. The van der Waals surface area contributed by atoms with Gasteiger partial charge in [0.1, 0.15) is 0 Å². The highest BCUT2D eigenvalue weighted by atomic mass is 79.9. The minimum Gasteiger partial charge on any atom is -0.258 e. The van der Waals surface area contributed by atoms with Crippen LogP contribution in [-0.4, -0.2) is 26.0 Å². The maximum atomic E-state index is 10.9. The van der Waals surface area contributed by atoms with Crippen molar-refractivity contribution in [1.82, 2.24) is 14.9 Å². The lowest BCUT2D eigenvalue weighted by Crippen LogP contribution is -1.97. The van der Waals surface area contributed by atoms with Gasteiger partial charge < -0.3 is 0 Å². The molecular formula is C15H9BrClN5O2S. The molecule has 0 aliphatic rings. The summed E-state index contributed by atoms with van der Waals surface area (Å²) in [6, 6.07) is 11.6. The number of nitro groups is 1. The Hall–Kier alpha value is -2.36. The summed E-state index contributed by atoms with van der Waals surface area (Å²) >= 11 is 14.7. The summed E-state index contributed by atoms with van der Waals surface area (Å²) < 4.78 is 2.53. The van der Waals surface area contributed by atoms with E-state index in [1.165, 1.54) is 29.1 Å². The summed E-state index contributed by atoms with van der Waals surface area (Å²) in [6.45, 7) is 0. The van der Waals surface area contributed by atoms with Crippen LogP contribution in [0.5, 0.6) is 0 Å². The molecule has 0 aliphatic heterocycles. The normalized spacial score (nSPS) is 11.1. The van der Waals surface area contributed by atoms with E-state index in [4.69, 9.17) is 23.8 Å². The first-order valence-corrected chi connectivity index (χ1v) is 8.46. The van der Waals surface area contributed by atoms with Gasteiger partial charge in [0.25, 0.3) is 5.69 Å². The number of aromatic nitrogens is 3. The van der Waals surface area contributed by atoms with Gasteiger partial charge in [-0.05, 0) is 30.4 Å². The zero-order chi connectivity index (χ0) is 18.0. The second-order valence-electron chi connectivity index (χ2n) is 4.85. The predicted octanol–water partition coefficient (Wildman–Crippen LogP) is 4.81. The SMILES string of the molecule is O=[N+]([O-])c1ccc(Cl)c(/C=N/n2c(-c3ccccc3Br)n[nH]c2=S)c1. The van der Waals surface area contributed by atoms with E-state index in [1.54, 1.807) is 0 Å². The molecule has 0 atom stereocenters. The summed E-state index contributed by atoms with van der Waals surface area (Å²) in [5, 5.41) is 22.4. The number of benzene rings is 2. The smallest absolute Gasteiger partial charge is 0.258 e. The van der Waals surface area contributed by atoms with Gasteiger partial charge in [0.15, 0.2) is 5.82 Å². The summed E-state index contributed by atoms with van der Waals surface area (Å²) in [5.74, 6) is 0.496. The van der Waals surface area contributed by atoms with Crippen molar-refractivity contribution in [3.8, 4) is 11.4 Å². The van der Waals surface area contributed by atoms with Crippen LogP contribution in [0.15, 0.2) is 52.0 Å². The highest BCUT2D eigenvalue weighted by Crippen LogP contribution is 2.26. The van der Waals surface area contributed by atoms with Crippen molar-refractivity contribution >= 4 is 51.7 Å². The molecule has 0 fully saturated rings. The molecule has 0 amide bonds. The van der Waals surface area contributed by atoms with Crippen LogP contribution < -0.4 is 0 Å². The molecule has 1 N–H and O–H groups in total. The molecule has 25 heavy (non-hydrogen) atoms. The number of nitro benzene ring substituents is 1.